The van der Waals surface area contributed by atoms with E-state index in [2.05, 4.69) is 5.32 Å². The lowest BCUT2D eigenvalue weighted by Gasteiger charge is -2.34. The van der Waals surface area contributed by atoms with Crippen LogP contribution in [0.1, 0.15) is 30.0 Å². The summed E-state index contributed by atoms with van der Waals surface area (Å²) in [6, 6.07) is 23.9. The van der Waals surface area contributed by atoms with E-state index in [-0.39, 0.29) is 22.9 Å². The topological polar surface area (TPSA) is 96.0 Å². The van der Waals surface area contributed by atoms with Crippen LogP contribution in [-0.2, 0) is 38.8 Å². The number of benzene rings is 4. The number of carbonyl (C=O) groups excluding carboxylic acids is 2. The molecule has 1 N–H and O–H groups in total. The predicted molar refractivity (Wildman–Crippen MR) is 178 cm³/mol. The van der Waals surface area contributed by atoms with Crippen molar-refractivity contribution < 1.29 is 35.9 Å². The summed E-state index contributed by atoms with van der Waals surface area (Å²) >= 11 is 6.36. The molecular weight excluding hydrogens is 667 g/mol. The predicted octanol–water partition coefficient (Wildman–Crippen LogP) is 6.73. The van der Waals surface area contributed by atoms with Crippen LogP contribution < -0.4 is 14.4 Å². The largest absolute Gasteiger partial charge is 0.497 e. The average Bonchev–Trinajstić information content (AvgIpc) is 3.08. The highest BCUT2D eigenvalue weighted by atomic mass is 35.5. The lowest BCUT2D eigenvalue weighted by Crippen LogP contribution is -2.53. The van der Waals surface area contributed by atoms with Crippen molar-refractivity contribution in [2.75, 3.05) is 24.5 Å². The number of rotatable bonds is 14. The first-order valence-electron chi connectivity index (χ1n) is 15.0. The van der Waals surface area contributed by atoms with Gasteiger partial charge in [-0.3, -0.25) is 13.9 Å². The van der Waals surface area contributed by atoms with E-state index in [1.807, 2.05) is 6.92 Å². The SMILES string of the molecule is CCCNC(=O)C(Cc1ccccc1)N(Cc1cccc(OC)c1)C(=O)CN(c1cc(C(F)(F)F)ccc1Cl)S(=O)(=O)c1ccccc1. The highest BCUT2D eigenvalue weighted by Gasteiger charge is 2.37. The summed E-state index contributed by atoms with van der Waals surface area (Å²) in [4.78, 5) is 29.2. The van der Waals surface area contributed by atoms with Crippen molar-refractivity contribution in [3.05, 3.63) is 125 Å². The molecule has 4 aromatic carbocycles. The molecule has 13 heteroatoms. The van der Waals surface area contributed by atoms with Gasteiger partial charge in [-0.1, -0.05) is 79.2 Å². The van der Waals surface area contributed by atoms with Gasteiger partial charge < -0.3 is 15.0 Å². The van der Waals surface area contributed by atoms with Gasteiger partial charge in [0, 0.05) is 19.5 Å². The minimum Gasteiger partial charge on any atom is -0.497 e. The molecule has 1 unspecified atom stereocenters. The van der Waals surface area contributed by atoms with Gasteiger partial charge in [0.2, 0.25) is 11.8 Å². The molecule has 0 bridgehead atoms. The van der Waals surface area contributed by atoms with E-state index >= 15 is 0 Å². The molecule has 254 valence electrons. The summed E-state index contributed by atoms with van der Waals surface area (Å²) in [5.74, 6) is -0.844. The van der Waals surface area contributed by atoms with Crippen LogP contribution in [0.25, 0.3) is 0 Å². The Morgan fingerprint density at radius 2 is 1.54 bits per heavy atom. The maximum Gasteiger partial charge on any atom is 0.416 e. The molecule has 0 heterocycles. The normalized spacial score (nSPS) is 12.2. The van der Waals surface area contributed by atoms with E-state index in [1.54, 1.807) is 60.7 Å². The van der Waals surface area contributed by atoms with E-state index in [1.165, 1.54) is 36.3 Å². The summed E-state index contributed by atoms with van der Waals surface area (Å²) in [6.07, 6.45) is -4.14. The van der Waals surface area contributed by atoms with Crippen LogP contribution in [0, 0.1) is 0 Å². The number of ether oxygens (including phenoxy) is 1. The van der Waals surface area contributed by atoms with Gasteiger partial charge in [0.15, 0.2) is 0 Å². The number of nitrogens with one attached hydrogen (secondary N) is 1. The van der Waals surface area contributed by atoms with E-state index < -0.39 is 51.9 Å². The summed E-state index contributed by atoms with van der Waals surface area (Å²) in [5, 5.41) is 2.51. The molecule has 0 aliphatic heterocycles. The van der Waals surface area contributed by atoms with Crippen LogP contribution in [0.4, 0.5) is 18.9 Å². The third kappa shape index (κ3) is 9.07. The Balaban J connectivity index is 1.87. The Labute approximate surface area is 283 Å². The molecule has 4 rings (SSSR count). The second-order valence-corrected chi connectivity index (χ2v) is 13.1. The minimum atomic E-state index is -4.83. The van der Waals surface area contributed by atoms with Crippen molar-refractivity contribution in [3.63, 3.8) is 0 Å². The van der Waals surface area contributed by atoms with Crippen LogP contribution in [0.2, 0.25) is 5.02 Å². The maximum absolute atomic E-state index is 14.5. The molecule has 0 spiro atoms. The van der Waals surface area contributed by atoms with Crippen molar-refractivity contribution in [1.29, 1.82) is 0 Å². The molecule has 0 saturated heterocycles. The van der Waals surface area contributed by atoms with Crippen molar-refractivity contribution in [2.45, 2.75) is 43.4 Å². The van der Waals surface area contributed by atoms with Crippen LogP contribution in [0.3, 0.4) is 0 Å². The smallest absolute Gasteiger partial charge is 0.416 e. The van der Waals surface area contributed by atoms with Crippen molar-refractivity contribution in [3.8, 4) is 5.75 Å². The number of carbonyl (C=O) groups is 2. The zero-order valence-electron chi connectivity index (χ0n) is 26.3. The molecule has 2 amide bonds. The number of amides is 2. The van der Waals surface area contributed by atoms with Gasteiger partial charge in [0.25, 0.3) is 10.0 Å². The van der Waals surface area contributed by atoms with Gasteiger partial charge in [-0.15, -0.1) is 0 Å². The Morgan fingerprint density at radius 1 is 0.896 bits per heavy atom. The first kappa shape index (κ1) is 36.3. The quantitative estimate of drug-likeness (QED) is 0.157. The monoisotopic (exact) mass is 701 g/mol. The highest BCUT2D eigenvalue weighted by molar-refractivity contribution is 7.92. The van der Waals surface area contributed by atoms with Gasteiger partial charge in [0.1, 0.15) is 18.3 Å². The second kappa shape index (κ2) is 16.0. The number of alkyl halides is 3. The Bertz CT molecular complexity index is 1810. The molecule has 1 atom stereocenters. The number of hydrogen-bond donors (Lipinski definition) is 1. The second-order valence-electron chi connectivity index (χ2n) is 10.9. The van der Waals surface area contributed by atoms with Crippen LogP contribution >= 0.6 is 11.6 Å². The molecule has 0 radical (unpaired) electrons. The molecule has 0 saturated carbocycles. The number of sulfonamides is 1. The standard InChI is InChI=1S/C35H35ClF3N3O5S/c1-3-19-40-34(44)32(21-25-11-6-4-7-12-25)41(23-26-13-10-14-28(20-26)47-2)33(43)24-42(48(45,46)29-15-8-5-9-16-29)31-22-27(35(37,38)39)17-18-30(31)36/h4-18,20,22,32H,3,19,21,23-24H2,1-2H3,(H,40,44). The average molecular weight is 702 g/mol. The molecule has 4 aromatic rings. The highest BCUT2D eigenvalue weighted by Crippen LogP contribution is 2.37. The summed E-state index contributed by atoms with van der Waals surface area (Å²) < 4.78 is 75.6. The van der Waals surface area contributed by atoms with Gasteiger partial charge in [-0.2, -0.15) is 13.2 Å². The van der Waals surface area contributed by atoms with Gasteiger partial charge in [0.05, 0.1) is 28.3 Å². The number of nitrogens with zero attached hydrogens (tertiary/aromatic N) is 2. The van der Waals surface area contributed by atoms with Gasteiger partial charge in [-0.25, -0.2) is 8.42 Å². The zero-order chi connectivity index (χ0) is 34.9. The molecule has 48 heavy (non-hydrogen) atoms. The molecule has 0 aliphatic rings. The Morgan fingerprint density at radius 3 is 2.17 bits per heavy atom. The molecule has 0 aliphatic carbocycles. The van der Waals surface area contributed by atoms with Gasteiger partial charge >= 0.3 is 6.18 Å². The van der Waals surface area contributed by atoms with Crippen LogP contribution in [0.5, 0.6) is 5.75 Å². The first-order chi connectivity index (χ1) is 22.8. The number of anilines is 1. The molecule has 0 fully saturated rings. The van der Waals surface area contributed by atoms with Crippen LogP contribution in [0.15, 0.2) is 108 Å². The lowest BCUT2D eigenvalue weighted by molar-refractivity contribution is -0.140. The van der Waals surface area contributed by atoms with E-state index in [9.17, 15) is 31.2 Å². The van der Waals surface area contributed by atoms with E-state index in [0.29, 0.717) is 34.7 Å². The van der Waals surface area contributed by atoms with Crippen molar-refractivity contribution in [2.24, 2.45) is 0 Å². The molecule has 8 nitrogen and oxygen atoms in total. The number of halogens is 4. The van der Waals surface area contributed by atoms with Crippen molar-refractivity contribution in [1.82, 2.24) is 10.2 Å². The zero-order valence-corrected chi connectivity index (χ0v) is 27.9. The summed E-state index contributed by atoms with van der Waals surface area (Å²) in [6.45, 7) is 1.08. The van der Waals surface area contributed by atoms with E-state index in [0.717, 1.165) is 17.7 Å². The maximum atomic E-state index is 14.5. The summed E-state index contributed by atoms with van der Waals surface area (Å²) in [7, 11) is -3.18. The first-order valence-corrected chi connectivity index (χ1v) is 16.9. The van der Waals surface area contributed by atoms with E-state index in [4.69, 9.17) is 16.3 Å². The fourth-order valence-electron chi connectivity index (χ4n) is 5.00. The Hall–Kier alpha value is -4.55. The van der Waals surface area contributed by atoms with Gasteiger partial charge in [-0.05, 0) is 60.0 Å². The fourth-order valence-corrected chi connectivity index (χ4v) is 6.72. The lowest BCUT2D eigenvalue weighted by atomic mass is 10.0. The summed E-state index contributed by atoms with van der Waals surface area (Å²) in [5.41, 5.74) is -0.400. The van der Waals surface area contributed by atoms with Crippen molar-refractivity contribution >= 4 is 39.1 Å². The number of methoxy groups -OCH3 is 1. The third-order valence-corrected chi connectivity index (χ3v) is 9.55. The van der Waals surface area contributed by atoms with Crippen LogP contribution in [-0.4, -0.2) is 51.4 Å². The fraction of sp³-hybridized carbons (Fsp3) is 0.257. The number of hydrogen-bond acceptors (Lipinski definition) is 5. The third-order valence-electron chi connectivity index (χ3n) is 7.46. The minimum absolute atomic E-state index is 0.0713. The molecule has 0 aromatic heterocycles. The Kier molecular flexibility index (Phi) is 12.1. The molecular formula is C35H35ClF3N3O5S.